The first-order chi connectivity index (χ1) is 22.2. The van der Waals surface area contributed by atoms with Crippen molar-refractivity contribution >= 4 is 51.8 Å². The lowest BCUT2D eigenvalue weighted by Crippen LogP contribution is -2.68. The van der Waals surface area contributed by atoms with Crippen LogP contribution in [0.5, 0.6) is 0 Å². The van der Waals surface area contributed by atoms with Crippen LogP contribution in [-0.2, 0) is 14.3 Å². The number of aliphatic hydroxyl groups excluding tert-OH is 1. The number of esters is 1. The summed E-state index contributed by atoms with van der Waals surface area (Å²) in [4.78, 5) is 55.0. The molecule has 0 aromatic heterocycles. The van der Waals surface area contributed by atoms with Gasteiger partial charge in [0.1, 0.15) is 12.0 Å². The number of ketones is 1. The molecule has 1 aliphatic heterocycles. The number of carboxylic acids is 1. The van der Waals surface area contributed by atoms with Gasteiger partial charge in [0.2, 0.25) is 5.91 Å². The molecule has 1 fully saturated rings. The number of ether oxygens (including phenoxy) is 1. The fourth-order valence-corrected chi connectivity index (χ4v) is 10.4. The van der Waals surface area contributed by atoms with Crippen molar-refractivity contribution in [3.05, 3.63) is 139 Å². The van der Waals surface area contributed by atoms with Gasteiger partial charge in [0.25, 0.3) is 0 Å². The SMILES string of the molecule is C=CCOC(=O)C(N1C(=O)[C@H]([C@@H](C)O)[C@H]1CC(=O)c1ccc(C(=O)O)cc1)=P(c1ccccc1)(c1ccccc1)c1ccccc1. The van der Waals surface area contributed by atoms with Crippen molar-refractivity contribution < 1.29 is 34.1 Å². The van der Waals surface area contributed by atoms with Gasteiger partial charge in [-0.2, -0.15) is 0 Å². The quantitative estimate of drug-likeness (QED) is 0.0794. The molecule has 0 aliphatic carbocycles. The maximum atomic E-state index is 14.5. The normalized spacial score (nSPS) is 16.6. The molecule has 2 N–H and O–H groups in total. The number of carbonyl (C=O) groups is 4. The zero-order chi connectivity index (χ0) is 32.8. The summed E-state index contributed by atoms with van der Waals surface area (Å²) in [6.07, 6.45) is 0.116. The van der Waals surface area contributed by atoms with Gasteiger partial charge in [-0.1, -0.05) is 116 Å². The van der Waals surface area contributed by atoms with Crippen LogP contribution in [0.1, 0.15) is 34.1 Å². The van der Waals surface area contributed by atoms with E-state index in [0.29, 0.717) is 0 Å². The predicted octanol–water partition coefficient (Wildman–Crippen LogP) is 4.02. The fourth-order valence-electron chi connectivity index (χ4n) is 6.05. The summed E-state index contributed by atoms with van der Waals surface area (Å²) in [5, 5.41) is 22.4. The van der Waals surface area contributed by atoms with Gasteiger partial charge in [-0.15, -0.1) is 0 Å². The Morgan fingerprint density at radius 2 is 1.28 bits per heavy atom. The number of hydrogen-bond acceptors (Lipinski definition) is 6. The molecule has 9 heteroatoms. The topological polar surface area (TPSA) is 121 Å². The highest BCUT2D eigenvalue weighted by Crippen LogP contribution is 2.50. The molecule has 234 valence electrons. The van der Waals surface area contributed by atoms with Crippen LogP contribution in [0.4, 0.5) is 0 Å². The molecule has 5 rings (SSSR count). The van der Waals surface area contributed by atoms with Crippen LogP contribution in [0.25, 0.3) is 0 Å². The Bertz CT molecular complexity index is 1700. The van der Waals surface area contributed by atoms with Gasteiger partial charge in [0.05, 0.1) is 23.6 Å². The Morgan fingerprint density at radius 1 is 0.826 bits per heavy atom. The fraction of sp³-hybridized carbons (Fsp3) is 0.162. The van der Waals surface area contributed by atoms with Gasteiger partial charge >= 0.3 is 11.9 Å². The van der Waals surface area contributed by atoms with Crippen LogP contribution in [0.2, 0.25) is 0 Å². The van der Waals surface area contributed by atoms with Gasteiger partial charge in [0, 0.05) is 18.9 Å². The van der Waals surface area contributed by atoms with Crippen molar-refractivity contribution in [2.24, 2.45) is 5.92 Å². The van der Waals surface area contributed by atoms with Crippen molar-refractivity contribution in [2.45, 2.75) is 25.5 Å². The molecule has 1 saturated heterocycles. The molecule has 1 aliphatic rings. The summed E-state index contributed by atoms with van der Waals surface area (Å²) < 4.78 is 5.74. The maximum absolute atomic E-state index is 14.5. The lowest BCUT2D eigenvalue weighted by molar-refractivity contribution is -0.157. The third-order valence-corrected chi connectivity index (χ3v) is 12.4. The number of aromatic carboxylic acids is 1. The van der Waals surface area contributed by atoms with E-state index in [0.717, 1.165) is 15.9 Å². The highest BCUT2D eigenvalue weighted by molar-refractivity contribution is 7.96. The molecule has 8 nitrogen and oxygen atoms in total. The molecule has 0 bridgehead atoms. The van der Waals surface area contributed by atoms with E-state index in [1.807, 2.05) is 91.0 Å². The predicted molar refractivity (Wildman–Crippen MR) is 179 cm³/mol. The zero-order valence-electron chi connectivity index (χ0n) is 25.2. The van der Waals surface area contributed by atoms with Gasteiger partial charge in [-0.3, -0.25) is 9.59 Å². The Balaban J connectivity index is 1.81. The van der Waals surface area contributed by atoms with E-state index in [1.54, 1.807) is 0 Å². The van der Waals surface area contributed by atoms with Crippen molar-refractivity contribution in [3.8, 4) is 0 Å². The summed E-state index contributed by atoms with van der Waals surface area (Å²) in [5.41, 5.74) is 0.376. The Kier molecular flexibility index (Phi) is 9.81. The van der Waals surface area contributed by atoms with Crippen LogP contribution in [0, 0.1) is 5.92 Å². The monoisotopic (exact) mass is 635 g/mol. The molecule has 0 saturated carbocycles. The third-order valence-electron chi connectivity index (χ3n) is 8.13. The van der Waals surface area contributed by atoms with E-state index < -0.39 is 42.8 Å². The zero-order valence-corrected chi connectivity index (χ0v) is 26.1. The number of hydrogen-bond donors (Lipinski definition) is 2. The smallest absolute Gasteiger partial charge is 0.356 e. The van der Waals surface area contributed by atoms with Crippen molar-refractivity contribution in [3.63, 3.8) is 0 Å². The van der Waals surface area contributed by atoms with Crippen molar-refractivity contribution in [1.29, 1.82) is 0 Å². The molecule has 4 aromatic carbocycles. The van der Waals surface area contributed by atoms with Crippen molar-refractivity contribution in [2.75, 3.05) is 6.61 Å². The Labute approximate surface area is 267 Å². The average Bonchev–Trinajstić information content (AvgIpc) is 3.08. The van der Waals surface area contributed by atoms with E-state index in [9.17, 15) is 29.4 Å². The molecule has 0 unspecified atom stereocenters. The number of amides is 1. The Hall–Kier alpha value is -5.04. The van der Waals surface area contributed by atoms with Gasteiger partial charge < -0.3 is 19.8 Å². The summed E-state index contributed by atoms with van der Waals surface area (Å²) in [6.45, 7) is 1.88. The van der Waals surface area contributed by atoms with Crippen LogP contribution in [0.3, 0.4) is 0 Å². The summed E-state index contributed by atoms with van der Waals surface area (Å²) >= 11 is 0. The number of aliphatic hydroxyl groups is 1. The first kappa shape index (κ1) is 32.4. The number of nitrogens with zero attached hydrogens (tertiary/aromatic N) is 1. The molecule has 46 heavy (non-hydrogen) atoms. The number of carboxylic acid groups (broad SMARTS) is 1. The molecular weight excluding hydrogens is 601 g/mol. The Morgan fingerprint density at radius 3 is 1.70 bits per heavy atom. The summed E-state index contributed by atoms with van der Waals surface area (Å²) in [6, 6.07) is 33.1. The molecule has 4 aromatic rings. The van der Waals surface area contributed by atoms with Gasteiger partial charge in [-0.05, 0) is 35.0 Å². The minimum absolute atomic E-state index is 0.0302. The largest absolute Gasteiger partial charge is 0.478 e. The van der Waals surface area contributed by atoms with Crippen LogP contribution < -0.4 is 15.9 Å². The van der Waals surface area contributed by atoms with Crippen LogP contribution in [0.15, 0.2) is 128 Å². The lowest BCUT2D eigenvalue weighted by Gasteiger charge is -2.50. The number of β-lactam (4-membered cyclic amide) rings is 1. The van der Waals surface area contributed by atoms with Crippen LogP contribution >= 0.6 is 6.89 Å². The van der Waals surface area contributed by atoms with E-state index >= 15 is 0 Å². The van der Waals surface area contributed by atoms with E-state index in [2.05, 4.69) is 6.58 Å². The maximum Gasteiger partial charge on any atom is 0.356 e. The minimum Gasteiger partial charge on any atom is -0.478 e. The lowest BCUT2D eigenvalue weighted by atomic mass is 9.79. The number of Topliss-reactive ketones (excluding diaryl/α,β-unsaturated/α-hetero) is 1. The van der Waals surface area contributed by atoms with E-state index in [1.165, 1.54) is 42.2 Å². The van der Waals surface area contributed by atoms with Crippen LogP contribution in [-0.4, -0.2) is 62.9 Å². The first-order valence-electron chi connectivity index (χ1n) is 14.8. The first-order valence-corrected chi connectivity index (χ1v) is 16.6. The molecule has 0 spiro atoms. The summed E-state index contributed by atoms with van der Waals surface area (Å²) in [5.74, 6) is -3.68. The molecule has 1 heterocycles. The second-order valence-electron chi connectivity index (χ2n) is 10.9. The van der Waals surface area contributed by atoms with E-state index in [4.69, 9.17) is 4.74 Å². The summed E-state index contributed by atoms with van der Waals surface area (Å²) in [7, 11) is 0. The number of rotatable bonds is 12. The standard InChI is InChI=1S/C37H34NO7P/c1-3-23-45-37(44)35(38-31(33(25(2)39)34(38)41)24-32(40)26-19-21-27(22-20-26)36(42)43)46(28-13-7-4-8-14-28,29-15-9-5-10-16-29)30-17-11-6-12-18-30/h3-22,25,31,33,39H,1,23-24H2,2H3,(H,42,43)/t25-,31-,33-/m1/s1. The highest BCUT2D eigenvalue weighted by Gasteiger charge is 2.55. The highest BCUT2D eigenvalue weighted by atomic mass is 31.2. The molecule has 0 radical (unpaired) electrons. The minimum atomic E-state index is -3.19. The van der Waals surface area contributed by atoms with Crippen molar-refractivity contribution in [1.82, 2.24) is 4.90 Å². The molecule has 3 atom stereocenters. The average molecular weight is 636 g/mol. The van der Waals surface area contributed by atoms with Gasteiger partial charge in [-0.25, -0.2) is 9.59 Å². The number of benzene rings is 4. The number of carbonyl (C=O) groups excluding carboxylic acids is 3. The number of likely N-dealkylation sites (tertiary alicyclic amines) is 1. The van der Waals surface area contributed by atoms with E-state index in [-0.39, 0.29) is 35.4 Å². The molecule has 1 amide bonds. The van der Waals surface area contributed by atoms with Gasteiger partial charge in [0.15, 0.2) is 5.78 Å². The second kappa shape index (κ2) is 13.9. The third kappa shape index (κ3) is 5.97. The molecular formula is C37H34NO7P. The second-order valence-corrected chi connectivity index (χ2v) is 14.3.